The van der Waals surface area contributed by atoms with Gasteiger partial charge in [-0.3, -0.25) is 0 Å². The first-order valence-electron chi connectivity index (χ1n) is 4.19. The summed E-state index contributed by atoms with van der Waals surface area (Å²) in [6, 6.07) is 7.97. The predicted molar refractivity (Wildman–Crippen MR) is 62.7 cm³/mol. The number of halogens is 3. The van der Waals surface area contributed by atoms with Crippen LogP contribution in [0.3, 0.4) is 0 Å². The van der Waals surface area contributed by atoms with Crippen LogP contribution in [0.25, 0.3) is 0 Å². The molecule has 0 fully saturated rings. The maximum atomic E-state index is 5.90. The quantitative estimate of drug-likeness (QED) is 0.726. The fraction of sp³-hybridized carbons (Fsp3) is 0.333. The van der Waals surface area contributed by atoms with Gasteiger partial charge in [0.1, 0.15) is 0 Å². The van der Waals surface area contributed by atoms with Crippen molar-refractivity contribution in [3.05, 3.63) is 29.8 Å². The Morgan fingerprint density at radius 1 is 1.29 bits per heavy atom. The van der Waals surface area contributed by atoms with Gasteiger partial charge in [-0.2, -0.15) is 0 Å². The van der Waals surface area contributed by atoms with Crippen molar-refractivity contribution in [2.24, 2.45) is 0 Å². The number of benzene rings is 1. The van der Waals surface area contributed by atoms with Gasteiger partial charge in [0.05, 0.1) is 0 Å². The Morgan fingerprint density at radius 2 is 2.00 bits per heavy atom. The normalized spacial score (nSPS) is 21.5. The molecular formula is C9H9Cl3OTe. The fourth-order valence-corrected chi connectivity index (χ4v) is 6.12. The Kier molecular flexibility index (Phi) is 3.41. The van der Waals surface area contributed by atoms with E-state index in [0.29, 0.717) is 4.47 Å². The summed E-state index contributed by atoms with van der Waals surface area (Å²) >= 11 is -3.06. The van der Waals surface area contributed by atoms with Crippen LogP contribution in [0.5, 0.6) is 5.75 Å². The number of para-hydroxylation sites is 1. The molecule has 1 aromatic carbocycles. The molecular weight excluding hydrogens is 358 g/mol. The Morgan fingerprint density at radius 3 is 2.64 bits per heavy atom. The second-order valence-corrected chi connectivity index (χ2v) is 20.8. The molecule has 0 spiro atoms. The van der Waals surface area contributed by atoms with Crippen molar-refractivity contribution >= 4 is 41.7 Å². The Bertz CT molecular complexity index is 312. The van der Waals surface area contributed by atoms with Gasteiger partial charge < -0.3 is 0 Å². The second kappa shape index (κ2) is 4.28. The first-order valence-corrected chi connectivity index (χ1v) is 14.7. The number of hydrogen-bond donors (Lipinski definition) is 0. The molecule has 0 aliphatic carbocycles. The van der Waals surface area contributed by atoms with Crippen LogP contribution in [0.1, 0.15) is 5.56 Å². The molecule has 1 aromatic rings. The molecule has 1 heterocycles. The van der Waals surface area contributed by atoms with Gasteiger partial charge in [0.15, 0.2) is 0 Å². The molecule has 0 amide bonds. The predicted octanol–water partition coefficient (Wildman–Crippen LogP) is 3.65. The molecule has 1 atom stereocenters. The number of hydrogen-bond acceptors (Lipinski definition) is 1. The second-order valence-electron chi connectivity index (χ2n) is 3.22. The molecule has 1 aliphatic rings. The number of ether oxygens (including phenoxy) is 1. The zero-order chi connectivity index (χ0) is 10.2. The average molecular weight is 367 g/mol. The van der Waals surface area contributed by atoms with Crippen molar-refractivity contribution in [2.45, 2.75) is 17.0 Å². The van der Waals surface area contributed by atoms with Crippen LogP contribution in [-0.4, -0.2) is 20.9 Å². The van der Waals surface area contributed by atoms with Crippen molar-refractivity contribution in [3.8, 4) is 5.75 Å². The van der Waals surface area contributed by atoms with E-state index in [9.17, 15) is 0 Å². The molecule has 1 nitrogen and oxygen atoms in total. The summed E-state index contributed by atoms with van der Waals surface area (Å²) in [5.41, 5.74) is 1.22. The van der Waals surface area contributed by atoms with E-state index < -0.39 is 14.8 Å². The molecule has 5 heteroatoms. The van der Waals surface area contributed by atoms with Crippen LogP contribution in [-0.2, 0) is 6.42 Å². The van der Waals surface area contributed by atoms with Crippen molar-refractivity contribution in [2.75, 3.05) is 0 Å². The Labute approximate surface area is 98.3 Å². The Hall–Kier alpha value is 0.680. The number of rotatable bonds is 2. The molecule has 14 heavy (non-hydrogen) atoms. The third kappa shape index (κ3) is 2.84. The van der Waals surface area contributed by atoms with Crippen molar-refractivity contribution in [1.82, 2.24) is 0 Å². The summed E-state index contributed by atoms with van der Waals surface area (Å²) in [6.45, 7) is 0. The summed E-state index contributed by atoms with van der Waals surface area (Å²) in [5, 5.41) is 0. The van der Waals surface area contributed by atoms with Gasteiger partial charge in [0.2, 0.25) is 0 Å². The molecule has 0 bridgehead atoms. The molecule has 0 saturated heterocycles. The van der Waals surface area contributed by atoms with Crippen LogP contribution in [0, 0.1) is 0 Å². The molecule has 2 rings (SSSR count). The summed E-state index contributed by atoms with van der Waals surface area (Å²) in [6.07, 6.45) is 0.941. The SMILES string of the molecule is Cl[Te](Cl)(Cl)CC1Cc2ccccc2O1. The van der Waals surface area contributed by atoms with Crippen LogP contribution < -0.4 is 4.74 Å². The third-order valence-corrected chi connectivity index (χ3v) is 6.76. The molecule has 78 valence electrons. The van der Waals surface area contributed by atoms with Gasteiger partial charge >= 0.3 is 99.0 Å². The van der Waals surface area contributed by atoms with E-state index in [1.165, 1.54) is 5.56 Å². The minimum atomic E-state index is -3.06. The van der Waals surface area contributed by atoms with Gasteiger partial charge in [-0.15, -0.1) is 0 Å². The van der Waals surface area contributed by atoms with Crippen molar-refractivity contribution < 1.29 is 4.74 Å². The van der Waals surface area contributed by atoms with E-state index in [1.807, 2.05) is 18.2 Å². The van der Waals surface area contributed by atoms with E-state index in [-0.39, 0.29) is 6.10 Å². The first kappa shape index (κ1) is 11.2. The summed E-state index contributed by atoms with van der Waals surface area (Å²) in [5.74, 6) is 0.939. The zero-order valence-corrected chi connectivity index (χ0v) is 11.8. The van der Waals surface area contributed by atoms with E-state index >= 15 is 0 Å². The van der Waals surface area contributed by atoms with E-state index in [4.69, 9.17) is 31.6 Å². The van der Waals surface area contributed by atoms with Gasteiger partial charge in [0.25, 0.3) is 0 Å². The van der Waals surface area contributed by atoms with E-state index in [1.54, 1.807) is 0 Å². The molecule has 1 unspecified atom stereocenters. The Balaban J connectivity index is 2.05. The van der Waals surface area contributed by atoms with Gasteiger partial charge in [-0.1, -0.05) is 0 Å². The molecule has 0 radical (unpaired) electrons. The fourth-order valence-electron chi connectivity index (χ4n) is 1.56. The summed E-state index contributed by atoms with van der Waals surface area (Å²) in [4.78, 5) is 0. The third-order valence-electron chi connectivity index (χ3n) is 2.09. The topological polar surface area (TPSA) is 9.23 Å². The van der Waals surface area contributed by atoms with Crippen LogP contribution in [0.4, 0.5) is 0 Å². The van der Waals surface area contributed by atoms with Crippen LogP contribution in [0.2, 0.25) is 4.47 Å². The van der Waals surface area contributed by atoms with Gasteiger partial charge in [-0.25, -0.2) is 0 Å². The monoisotopic (exact) mass is 368 g/mol. The van der Waals surface area contributed by atoms with E-state index in [2.05, 4.69) is 6.07 Å². The molecule has 1 aliphatic heterocycles. The molecule has 0 aromatic heterocycles. The van der Waals surface area contributed by atoms with Gasteiger partial charge in [-0.05, 0) is 0 Å². The van der Waals surface area contributed by atoms with Gasteiger partial charge in [0, 0.05) is 0 Å². The molecule has 0 saturated carbocycles. The molecule has 0 N–H and O–H groups in total. The standard InChI is InChI=1S/C9H9Cl3OTe/c10-14(11,12)6-8-5-7-3-1-2-4-9(7)13-8/h1-4,8H,5-6H2. The van der Waals surface area contributed by atoms with Crippen molar-refractivity contribution in [1.29, 1.82) is 0 Å². The minimum absolute atomic E-state index is 0.0705. The number of fused-ring (bicyclic) bond motifs is 1. The maximum absolute atomic E-state index is 5.90. The van der Waals surface area contributed by atoms with Crippen LogP contribution >= 0.6 is 26.9 Å². The summed E-state index contributed by atoms with van der Waals surface area (Å²) < 4.78 is 6.29. The van der Waals surface area contributed by atoms with Crippen molar-refractivity contribution in [3.63, 3.8) is 0 Å². The first-order chi connectivity index (χ1) is 6.54. The van der Waals surface area contributed by atoms with Crippen LogP contribution in [0.15, 0.2) is 24.3 Å². The van der Waals surface area contributed by atoms with E-state index in [0.717, 1.165) is 12.2 Å². The average Bonchev–Trinajstić information content (AvgIpc) is 2.42. The zero-order valence-electron chi connectivity index (χ0n) is 7.25. The summed E-state index contributed by atoms with van der Waals surface area (Å²) in [7, 11) is 17.7.